The van der Waals surface area contributed by atoms with Gasteiger partial charge in [-0.05, 0) is 24.8 Å². The van der Waals surface area contributed by atoms with Crippen molar-refractivity contribution in [3.8, 4) is 0 Å². The van der Waals surface area contributed by atoms with Gasteiger partial charge in [0.25, 0.3) is 0 Å². The van der Waals surface area contributed by atoms with E-state index in [2.05, 4.69) is 26.8 Å². The molecule has 0 radical (unpaired) electrons. The van der Waals surface area contributed by atoms with Gasteiger partial charge in [0.05, 0.1) is 6.10 Å². The van der Waals surface area contributed by atoms with Gasteiger partial charge in [0, 0.05) is 12.5 Å². The fourth-order valence-corrected chi connectivity index (χ4v) is 1.72. The first kappa shape index (κ1) is 15.4. The molecular weight excluding hydrogens is 200 g/mol. The third-order valence-corrected chi connectivity index (χ3v) is 2.41. The Bertz CT molecular complexity index is 269. The minimum absolute atomic E-state index is 0.00831. The van der Waals surface area contributed by atoms with E-state index in [9.17, 15) is 5.11 Å². The van der Waals surface area contributed by atoms with Crippen molar-refractivity contribution in [1.82, 2.24) is 0 Å². The topological polar surface area (TPSA) is 40.5 Å². The van der Waals surface area contributed by atoms with Crippen LogP contribution < -0.4 is 0 Å². The van der Waals surface area contributed by atoms with Crippen molar-refractivity contribution < 1.29 is 10.2 Å². The maximum absolute atomic E-state index is 9.88. The molecule has 0 aromatic rings. The van der Waals surface area contributed by atoms with E-state index in [0.717, 1.165) is 11.1 Å². The highest BCUT2D eigenvalue weighted by molar-refractivity contribution is 5.24. The Labute approximate surface area is 99.7 Å². The van der Waals surface area contributed by atoms with Gasteiger partial charge < -0.3 is 10.2 Å². The summed E-state index contributed by atoms with van der Waals surface area (Å²) in [6, 6.07) is 0. The number of rotatable bonds is 4. The molecule has 0 aromatic heterocycles. The highest BCUT2D eigenvalue weighted by Gasteiger charge is 2.15. The van der Waals surface area contributed by atoms with Crippen LogP contribution in [-0.4, -0.2) is 22.9 Å². The van der Waals surface area contributed by atoms with Crippen molar-refractivity contribution in [3.05, 3.63) is 23.3 Å². The number of hydrogen-bond donors (Lipinski definition) is 2. The van der Waals surface area contributed by atoms with Gasteiger partial charge in [0.2, 0.25) is 0 Å². The van der Waals surface area contributed by atoms with Gasteiger partial charge in [0.1, 0.15) is 0 Å². The van der Waals surface area contributed by atoms with Crippen LogP contribution >= 0.6 is 0 Å². The highest BCUT2D eigenvalue weighted by Crippen LogP contribution is 2.20. The summed E-state index contributed by atoms with van der Waals surface area (Å²) in [6.07, 6.45) is 3.60. The number of aliphatic hydroxyl groups is 2. The molecule has 0 heterocycles. The molecule has 0 saturated heterocycles. The minimum Gasteiger partial charge on any atom is -0.396 e. The summed E-state index contributed by atoms with van der Waals surface area (Å²) in [7, 11) is 0. The fraction of sp³-hybridized carbons (Fsp3) is 0.714. The Morgan fingerprint density at radius 3 is 2.12 bits per heavy atom. The second-order valence-corrected chi connectivity index (χ2v) is 5.75. The normalized spacial score (nSPS) is 18.5. The van der Waals surface area contributed by atoms with Crippen LogP contribution in [0.2, 0.25) is 0 Å². The molecule has 0 rings (SSSR count). The summed E-state index contributed by atoms with van der Waals surface area (Å²) in [4.78, 5) is 0. The lowest BCUT2D eigenvalue weighted by atomic mass is 9.92. The van der Waals surface area contributed by atoms with E-state index in [1.807, 2.05) is 26.8 Å². The summed E-state index contributed by atoms with van der Waals surface area (Å²) < 4.78 is 0. The van der Waals surface area contributed by atoms with Gasteiger partial charge in [-0.1, -0.05) is 45.4 Å². The van der Waals surface area contributed by atoms with E-state index in [1.165, 1.54) is 0 Å². The Kier molecular flexibility index (Phi) is 5.98. The molecule has 2 nitrogen and oxygen atoms in total. The van der Waals surface area contributed by atoms with Crippen LogP contribution in [-0.2, 0) is 0 Å². The Morgan fingerprint density at radius 2 is 1.75 bits per heavy atom. The third-order valence-electron chi connectivity index (χ3n) is 2.41. The van der Waals surface area contributed by atoms with Crippen molar-refractivity contribution in [3.63, 3.8) is 0 Å². The molecule has 0 saturated carbocycles. The summed E-state index contributed by atoms with van der Waals surface area (Å²) in [5, 5.41) is 18.9. The van der Waals surface area contributed by atoms with Crippen LogP contribution in [0.5, 0.6) is 0 Å². The summed E-state index contributed by atoms with van der Waals surface area (Å²) in [5.74, 6) is -0.112. The second kappa shape index (κ2) is 6.21. The molecule has 0 spiro atoms. The van der Waals surface area contributed by atoms with E-state index in [-0.39, 0.29) is 17.9 Å². The fourth-order valence-electron chi connectivity index (χ4n) is 1.72. The molecule has 16 heavy (non-hydrogen) atoms. The SMILES string of the molecule is CC(=C\C(C)(C)C)/C=C(\C)[C@H](O)[C@H](C)CO. The monoisotopic (exact) mass is 226 g/mol. The summed E-state index contributed by atoms with van der Waals surface area (Å²) in [6.45, 7) is 12.2. The van der Waals surface area contributed by atoms with Gasteiger partial charge >= 0.3 is 0 Å². The lowest BCUT2D eigenvalue weighted by molar-refractivity contribution is 0.103. The van der Waals surface area contributed by atoms with Crippen LogP contribution in [0.25, 0.3) is 0 Å². The molecule has 0 aliphatic heterocycles. The van der Waals surface area contributed by atoms with Crippen LogP contribution in [0.1, 0.15) is 41.5 Å². The molecule has 2 atom stereocenters. The van der Waals surface area contributed by atoms with Crippen molar-refractivity contribution in [2.75, 3.05) is 6.61 Å². The highest BCUT2D eigenvalue weighted by atomic mass is 16.3. The van der Waals surface area contributed by atoms with E-state index < -0.39 is 6.10 Å². The van der Waals surface area contributed by atoms with Crippen LogP contribution in [0.3, 0.4) is 0 Å². The zero-order valence-electron chi connectivity index (χ0n) is 11.4. The lowest BCUT2D eigenvalue weighted by Gasteiger charge is -2.18. The maximum Gasteiger partial charge on any atom is 0.0797 e. The first-order valence-corrected chi connectivity index (χ1v) is 5.84. The molecule has 2 N–H and O–H groups in total. The van der Waals surface area contributed by atoms with E-state index >= 15 is 0 Å². The first-order valence-electron chi connectivity index (χ1n) is 5.84. The zero-order valence-corrected chi connectivity index (χ0v) is 11.4. The van der Waals surface area contributed by atoms with Crippen molar-refractivity contribution in [2.24, 2.45) is 11.3 Å². The standard InChI is InChI=1S/C14H26O2/c1-10(8-14(4,5)6)7-11(2)13(16)12(3)9-15/h7-8,12-13,15-16H,9H2,1-6H3/b10-8+,11-7+/t12-,13+/m1/s1. The average Bonchev–Trinajstić information content (AvgIpc) is 2.12. The van der Waals surface area contributed by atoms with Gasteiger partial charge in [-0.3, -0.25) is 0 Å². The van der Waals surface area contributed by atoms with Crippen LogP contribution in [0.15, 0.2) is 23.3 Å². The molecule has 0 fully saturated rings. The predicted octanol–water partition coefficient (Wildman–Crippen LogP) is 2.91. The predicted molar refractivity (Wildman–Crippen MR) is 69.2 cm³/mol. The van der Waals surface area contributed by atoms with E-state index in [0.29, 0.717) is 0 Å². The number of allylic oxidation sites excluding steroid dienone is 3. The molecule has 0 aliphatic carbocycles. The molecule has 0 amide bonds. The number of hydrogen-bond acceptors (Lipinski definition) is 2. The van der Waals surface area contributed by atoms with Gasteiger partial charge in [0.15, 0.2) is 0 Å². The third kappa shape index (κ3) is 6.09. The average molecular weight is 226 g/mol. The smallest absolute Gasteiger partial charge is 0.0797 e. The molecule has 94 valence electrons. The van der Waals surface area contributed by atoms with Crippen LogP contribution in [0, 0.1) is 11.3 Å². The molecule has 0 aliphatic rings. The Morgan fingerprint density at radius 1 is 1.25 bits per heavy atom. The van der Waals surface area contributed by atoms with Crippen molar-refractivity contribution in [2.45, 2.75) is 47.6 Å². The number of aliphatic hydroxyl groups excluding tert-OH is 2. The maximum atomic E-state index is 9.88. The van der Waals surface area contributed by atoms with Crippen molar-refractivity contribution in [1.29, 1.82) is 0 Å². The zero-order chi connectivity index (χ0) is 12.9. The second-order valence-electron chi connectivity index (χ2n) is 5.75. The molecule has 0 bridgehead atoms. The minimum atomic E-state index is -0.562. The first-order chi connectivity index (χ1) is 7.17. The quantitative estimate of drug-likeness (QED) is 0.724. The van der Waals surface area contributed by atoms with E-state index in [4.69, 9.17) is 5.11 Å². The summed E-state index contributed by atoms with van der Waals surface area (Å²) >= 11 is 0. The van der Waals surface area contributed by atoms with Gasteiger partial charge in [-0.2, -0.15) is 0 Å². The van der Waals surface area contributed by atoms with E-state index in [1.54, 1.807) is 0 Å². The van der Waals surface area contributed by atoms with Gasteiger partial charge in [-0.15, -0.1) is 0 Å². The molecular formula is C14H26O2. The molecule has 2 heteroatoms. The largest absolute Gasteiger partial charge is 0.396 e. The molecule has 0 aromatic carbocycles. The Balaban J connectivity index is 4.72. The lowest BCUT2D eigenvalue weighted by Crippen LogP contribution is -2.22. The van der Waals surface area contributed by atoms with Gasteiger partial charge in [-0.25, -0.2) is 0 Å². The Hall–Kier alpha value is -0.600. The van der Waals surface area contributed by atoms with Crippen LogP contribution in [0.4, 0.5) is 0 Å². The summed E-state index contributed by atoms with van der Waals surface area (Å²) in [5.41, 5.74) is 2.20. The van der Waals surface area contributed by atoms with Crippen molar-refractivity contribution >= 4 is 0 Å². The molecule has 0 unspecified atom stereocenters.